The van der Waals surface area contributed by atoms with Crippen molar-refractivity contribution >= 4 is 17.8 Å². The Morgan fingerprint density at radius 1 is 1.27 bits per heavy atom. The maximum atomic E-state index is 11.9. The summed E-state index contributed by atoms with van der Waals surface area (Å²) < 4.78 is 15.2. The molecule has 0 spiro atoms. The summed E-state index contributed by atoms with van der Waals surface area (Å²) in [4.78, 5) is 33.9. The summed E-state index contributed by atoms with van der Waals surface area (Å²) in [5.41, 5.74) is 5.19. The lowest BCUT2D eigenvalue weighted by Crippen LogP contribution is -2.30. The number of nitrogens with two attached hydrogens (primary N) is 1. The van der Waals surface area contributed by atoms with Crippen molar-refractivity contribution in [3.63, 3.8) is 0 Å². The molecule has 0 bridgehead atoms. The molecule has 0 heterocycles. The first-order valence-corrected chi connectivity index (χ1v) is 6.40. The van der Waals surface area contributed by atoms with Crippen molar-refractivity contribution in [1.29, 1.82) is 0 Å². The van der Waals surface area contributed by atoms with Crippen LogP contribution in [-0.2, 0) is 14.3 Å². The summed E-state index contributed by atoms with van der Waals surface area (Å²) in [7, 11) is 2.88. The van der Waals surface area contributed by atoms with Gasteiger partial charge in [-0.2, -0.15) is 0 Å². The molecule has 120 valence electrons. The summed E-state index contributed by atoms with van der Waals surface area (Å²) >= 11 is 0. The normalized spacial score (nSPS) is 11.2. The van der Waals surface area contributed by atoms with Gasteiger partial charge in [0.05, 0.1) is 12.7 Å². The maximum Gasteiger partial charge on any atom is 0.339 e. The Bertz CT molecular complexity index is 572. The minimum atomic E-state index is -1.04. The van der Waals surface area contributed by atoms with Crippen molar-refractivity contribution in [2.45, 2.75) is 13.0 Å². The van der Waals surface area contributed by atoms with Gasteiger partial charge in [0.15, 0.2) is 24.2 Å². The van der Waals surface area contributed by atoms with Crippen LogP contribution in [0.15, 0.2) is 18.2 Å². The molecule has 8 nitrogen and oxygen atoms in total. The van der Waals surface area contributed by atoms with Gasteiger partial charge in [0.25, 0.3) is 11.8 Å². The lowest BCUT2D eigenvalue weighted by Gasteiger charge is -2.13. The standard InChI is InChI=1S/C14H18N2O6/c1-8(13(15)18)22-14(19)9-4-5-10(11(6-9)20-3)21-7-12(17)16-2/h4-6,8H,7H2,1-3H3,(H2,15,18)(H,16,17). The molecule has 1 unspecified atom stereocenters. The van der Waals surface area contributed by atoms with Crippen molar-refractivity contribution < 1.29 is 28.6 Å². The van der Waals surface area contributed by atoms with Gasteiger partial charge in [-0.1, -0.05) is 0 Å². The lowest BCUT2D eigenvalue weighted by atomic mass is 10.2. The fraction of sp³-hybridized carbons (Fsp3) is 0.357. The SMILES string of the molecule is CNC(=O)COc1ccc(C(=O)OC(C)C(N)=O)cc1OC. The first kappa shape index (κ1) is 17.3. The van der Waals surface area contributed by atoms with E-state index in [1.165, 1.54) is 39.3 Å². The van der Waals surface area contributed by atoms with Crippen molar-refractivity contribution in [3.05, 3.63) is 23.8 Å². The predicted molar refractivity (Wildman–Crippen MR) is 76.6 cm³/mol. The van der Waals surface area contributed by atoms with Crippen LogP contribution in [0.5, 0.6) is 11.5 Å². The third-order valence-corrected chi connectivity index (χ3v) is 2.72. The molecule has 0 fully saturated rings. The number of primary amides is 1. The molecular weight excluding hydrogens is 292 g/mol. The predicted octanol–water partition coefficient (Wildman–Crippen LogP) is -0.149. The van der Waals surface area contributed by atoms with Crippen molar-refractivity contribution in [2.24, 2.45) is 5.73 Å². The number of amides is 2. The van der Waals surface area contributed by atoms with E-state index in [4.69, 9.17) is 19.9 Å². The van der Waals surface area contributed by atoms with Crippen LogP contribution in [0, 0.1) is 0 Å². The van der Waals surface area contributed by atoms with E-state index in [1.54, 1.807) is 0 Å². The number of methoxy groups -OCH3 is 1. The number of benzene rings is 1. The largest absolute Gasteiger partial charge is 0.493 e. The van der Waals surface area contributed by atoms with E-state index in [9.17, 15) is 14.4 Å². The van der Waals surface area contributed by atoms with Crippen LogP contribution in [0.2, 0.25) is 0 Å². The van der Waals surface area contributed by atoms with Crippen LogP contribution in [0.1, 0.15) is 17.3 Å². The molecule has 3 N–H and O–H groups in total. The van der Waals surface area contributed by atoms with E-state index in [0.717, 1.165) is 0 Å². The third kappa shape index (κ3) is 4.65. The molecule has 1 aromatic rings. The number of carbonyl (C=O) groups excluding carboxylic acids is 3. The summed E-state index contributed by atoms with van der Waals surface area (Å²) in [5, 5.41) is 2.41. The van der Waals surface area contributed by atoms with E-state index >= 15 is 0 Å². The number of likely N-dealkylation sites (N-methyl/N-ethyl adjacent to an activating group) is 1. The van der Waals surface area contributed by atoms with Gasteiger partial charge >= 0.3 is 5.97 Å². The number of nitrogens with one attached hydrogen (secondary N) is 1. The van der Waals surface area contributed by atoms with E-state index in [2.05, 4.69) is 5.32 Å². The van der Waals surface area contributed by atoms with Gasteiger partial charge in [-0.3, -0.25) is 9.59 Å². The monoisotopic (exact) mass is 310 g/mol. The Morgan fingerprint density at radius 3 is 2.50 bits per heavy atom. The van der Waals surface area contributed by atoms with E-state index in [-0.39, 0.29) is 23.8 Å². The minimum absolute atomic E-state index is 0.164. The van der Waals surface area contributed by atoms with Gasteiger partial charge in [0.2, 0.25) is 0 Å². The van der Waals surface area contributed by atoms with Gasteiger partial charge in [0, 0.05) is 7.05 Å². The molecule has 0 saturated carbocycles. The average Bonchev–Trinajstić information content (AvgIpc) is 2.51. The van der Waals surface area contributed by atoms with E-state index < -0.39 is 18.0 Å². The zero-order chi connectivity index (χ0) is 16.7. The molecule has 1 atom stereocenters. The highest BCUT2D eigenvalue weighted by Crippen LogP contribution is 2.28. The second-order valence-electron chi connectivity index (χ2n) is 4.28. The Labute approximate surface area is 127 Å². The highest BCUT2D eigenvalue weighted by atomic mass is 16.5. The van der Waals surface area contributed by atoms with Gasteiger partial charge in [0.1, 0.15) is 0 Å². The summed E-state index contributed by atoms with van der Waals surface area (Å²) in [5.74, 6) is -1.22. The van der Waals surface area contributed by atoms with Crippen LogP contribution in [0.25, 0.3) is 0 Å². The smallest absolute Gasteiger partial charge is 0.339 e. The minimum Gasteiger partial charge on any atom is -0.493 e. The highest BCUT2D eigenvalue weighted by Gasteiger charge is 2.18. The molecule has 0 saturated heterocycles. The topological polar surface area (TPSA) is 117 Å². The van der Waals surface area contributed by atoms with Crippen LogP contribution >= 0.6 is 0 Å². The maximum absolute atomic E-state index is 11.9. The van der Waals surface area contributed by atoms with Crippen molar-refractivity contribution in [3.8, 4) is 11.5 Å². The number of carbonyl (C=O) groups is 3. The number of ether oxygens (including phenoxy) is 3. The van der Waals surface area contributed by atoms with E-state index in [1.807, 2.05) is 0 Å². The molecule has 0 aliphatic carbocycles. The first-order valence-electron chi connectivity index (χ1n) is 6.40. The number of esters is 1. The van der Waals surface area contributed by atoms with Crippen LogP contribution in [-0.4, -0.2) is 44.7 Å². The number of rotatable bonds is 7. The fourth-order valence-corrected chi connectivity index (χ4v) is 1.42. The van der Waals surface area contributed by atoms with Crippen LogP contribution < -0.4 is 20.5 Å². The van der Waals surface area contributed by atoms with Crippen LogP contribution in [0.3, 0.4) is 0 Å². The molecule has 8 heteroatoms. The summed E-state index contributed by atoms with van der Waals surface area (Å²) in [6.45, 7) is 1.19. The second-order valence-corrected chi connectivity index (χ2v) is 4.28. The molecular formula is C14H18N2O6. The zero-order valence-corrected chi connectivity index (χ0v) is 12.5. The zero-order valence-electron chi connectivity index (χ0n) is 12.5. The molecule has 22 heavy (non-hydrogen) atoms. The fourth-order valence-electron chi connectivity index (χ4n) is 1.42. The van der Waals surface area contributed by atoms with Gasteiger partial charge in [-0.05, 0) is 25.1 Å². The van der Waals surface area contributed by atoms with Gasteiger partial charge < -0.3 is 25.3 Å². The lowest BCUT2D eigenvalue weighted by molar-refractivity contribution is -0.125. The highest BCUT2D eigenvalue weighted by molar-refractivity contribution is 5.92. The second kappa shape index (κ2) is 7.87. The van der Waals surface area contributed by atoms with Crippen molar-refractivity contribution in [1.82, 2.24) is 5.32 Å². The molecule has 2 amide bonds. The molecule has 0 radical (unpaired) electrons. The Morgan fingerprint density at radius 2 is 1.95 bits per heavy atom. The molecule has 1 rings (SSSR count). The van der Waals surface area contributed by atoms with Gasteiger partial charge in [-0.25, -0.2) is 4.79 Å². The molecule has 0 aliphatic heterocycles. The molecule has 1 aromatic carbocycles. The summed E-state index contributed by atoms with van der Waals surface area (Å²) in [6, 6.07) is 4.28. The number of hydrogen-bond acceptors (Lipinski definition) is 6. The molecule has 0 aromatic heterocycles. The Hall–Kier alpha value is -2.77. The summed E-state index contributed by atoms with van der Waals surface area (Å²) in [6.07, 6.45) is -1.04. The number of hydrogen-bond donors (Lipinski definition) is 2. The molecule has 0 aliphatic rings. The Kier molecular flexibility index (Phi) is 6.18. The average molecular weight is 310 g/mol. The first-order chi connectivity index (χ1) is 10.4. The van der Waals surface area contributed by atoms with Gasteiger partial charge in [-0.15, -0.1) is 0 Å². The van der Waals surface area contributed by atoms with Crippen molar-refractivity contribution in [2.75, 3.05) is 20.8 Å². The van der Waals surface area contributed by atoms with E-state index in [0.29, 0.717) is 5.75 Å². The Balaban J connectivity index is 2.85. The van der Waals surface area contributed by atoms with Crippen LogP contribution in [0.4, 0.5) is 0 Å². The quantitative estimate of drug-likeness (QED) is 0.676. The third-order valence-electron chi connectivity index (χ3n) is 2.72.